The zero-order valence-electron chi connectivity index (χ0n) is 10.5. The van der Waals surface area contributed by atoms with Gasteiger partial charge in [-0.05, 0) is 31.4 Å². The maximum Gasteiger partial charge on any atom is 0.221 e. The average Bonchev–Trinajstić information content (AvgIpc) is 2.40. The van der Waals surface area contributed by atoms with Crippen molar-refractivity contribution in [3.05, 3.63) is 40.4 Å². The van der Waals surface area contributed by atoms with E-state index in [9.17, 15) is 17.2 Å². The highest BCUT2D eigenvalue weighted by atomic mass is 32.2. The van der Waals surface area contributed by atoms with Crippen LogP contribution in [0.2, 0.25) is 0 Å². The lowest BCUT2D eigenvalue weighted by Crippen LogP contribution is -2.24. The molecule has 0 aromatic heterocycles. The molecule has 1 fully saturated rings. The minimum absolute atomic E-state index is 0.294. The molecule has 0 radical (unpaired) electrons. The first kappa shape index (κ1) is 14.5. The fourth-order valence-corrected chi connectivity index (χ4v) is 3.44. The Labute approximate surface area is 115 Å². The number of rotatable bonds is 2. The van der Waals surface area contributed by atoms with E-state index < -0.39 is 31.3 Å². The molecule has 1 aromatic rings. The third-order valence-electron chi connectivity index (χ3n) is 3.02. The van der Waals surface area contributed by atoms with Gasteiger partial charge >= 0.3 is 0 Å². The van der Waals surface area contributed by atoms with Crippen LogP contribution in [-0.2, 0) is 9.84 Å². The lowest BCUT2D eigenvalue weighted by Gasteiger charge is -2.18. The molecule has 1 aliphatic rings. The number of nitriles is 1. The number of nitrogens with zero attached hydrogens (tertiary/aromatic N) is 1. The van der Waals surface area contributed by atoms with E-state index in [2.05, 4.69) is 5.32 Å². The quantitative estimate of drug-likeness (QED) is 0.671. The van der Waals surface area contributed by atoms with Gasteiger partial charge in [0.25, 0.3) is 0 Å². The van der Waals surface area contributed by atoms with Gasteiger partial charge in [-0.2, -0.15) is 5.26 Å². The number of halogens is 2. The molecule has 1 heterocycles. The summed E-state index contributed by atoms with van der Waals surface area (Å²) in [7, 11) is -4.28. The first-order valence-corrected chi connectivity index (χ1v) is 7.52. The molecule has 4 nitrogen and oxygen atoms in total. The topological polar surface area (TPSA) is 70.0 Å². The van der Waals surface area contributed by atoms with Crippen molar-refractivity contribution >= 4 is 9.84 Å². The SMILES string of the molecule is N#CC(=C1CCCCN1)S(=O)(=O)c1ccc(F)cc1F. The number of hydrogen-bond donors (Lipinski definition) is 1. The van der Waals surface area contributed by atoms with Crippen LogP contribution in [-0.4, -0.2) is 15.0 Å². The van der Waals surface area contributed by atoms with Crippen LogP contribution in [0.3, 0.4) is 0 Å². The molecule has 0 saturated carbocycles. The molecule has 1 N–H and O–H groups in total. The van der Waals surface area contributed by atoms with Gasteiger partial charge in [-0.3, -0.25) is 0 Å². The Morgan fingerprint density at radius 3 is 2.60 bits per heavy atom. The summed E-state index contributed by atoms with van der Waals surface area (Å²) >= 11 is 0. The predicted molar refractivity (Wildman–Crippen MR) is 68.0 cm³/mol. The van der Waals surface area contributed by atoms with Gasteiger partial charge in [0.15, 0.2) is 4.91 Å². The lowest BCUT2D eigenvalue weighted by atomic mass is 10.1. The number of hydrogen-bond acceptors (Lipinski definition) is 4. The highest BCUT2D eigenvalue weighted by molar-refractivity contribution is 7.95. The van der Waals surface area contributed by atoms with Crippen molar-refractivity contribution in [2.45, 2.75) is 24.2 Å². The average molecular weight is 298 g/mol. The first-order valence-electron chi connectivity index (χ1n) is 6.04. The van der Waals surface area contributed by atoms with Crippen molar-refractivity contribution in [3.8, 4) is 6.07 Å². The molecule has 1 saturated heterocycles. The van der Waals surface area contributed by atoms with E-state index in [1.165, 1.54) is 0 Å². The van der Waals surface area contributed by atoms with Gasteiger partial charge in [-0.1, -0.05) is 0 Å². The Morgan fingerprint density at radius 2 is 2.05 bits per heavy atom. The standard InChI is InChI=1S/C13H12F2N2O2S/c14-9-4-5-12(10(15)7-9)20(18,19)13(8-16)11-3-1-2-6-17-11/h4-5,7,17H,1-3,6H2. The molecular weight excluding hydrogens is 286 g/mol. The second-order valence-electron chi connectivity index (χ2n) is 4.38. The molecule has 2 rings (SSSR count). The minimum Gasteiger partial charge on any atom is -0.387 e. The largest absolute Gasteiger partial charge is 0.387 e. The van der Waals surface area contributed by atoms with Crippen molar-refractivity contribution in [2.24, 2.45) is 0 Å². The molecular formula is C13H12F2N2O2S. The van der Waals surface area contributed by atoms with Crippen LogP contribution in [0.25, 0.3) is 0 Å². The molecule has 1 aliphatic heterocycles. The molecule has 0 aliphatic carbocycles. The van der Waals surface area contributed by atoms with Gasteiger partial charge in [0.2, 0.25) is 9.84 Å². The molecule has 7 heteroatoms. The summed E-state index contributed by atoms with van der Waals surface area (Å²) in [5.41, 5.74) is 0.294. The maximum atomic E-state index is 13.6. The molecule has 0 unspecified atom stereocenters. The van der Waals surface area contributed by atoms with Gasteiger partial charge in [-0.15, -0.1) is 0 Å². The van der Waals surface area contributed by atoms with E-state index >= 15 is 0 Å². The smallest absolute Gasteiger partial charge is 0.221 e. The summed E-state index contributed by atoms with van der Waals surface area (Å²) in [5.74, 6) is -2.07. The van der Waals surface area contributed by atoms with Crippen molar-refractivity contribution in [3.63, 3.8) is 0 Å². The molecule has 20 heavy (non-hydrogen) atoms. The summed E-state index contributed by atoms with van der Waals surface area (Å²) in [5, 5.41) is 12.0. The van der Waals surface area contributed by atoms with Crippen LogP contribution < -0.4 is 5.32 Å². The van der Waals surface area contributed by atoms with Crippen LogP contribution in [0.1, 0.15) is 19.3 Å². The molecule has 0 atom stereocenters. The number of piperidine rings is 1. The second-order valence-corrected chi connectivity index (χ2v) is 6.24. The van der Waals surface area contributed by atoms with Gasteiger partial charge in [0, 0.05) is 18.3 Å². The molecule has 0 amide bonds. The third kappa shape index (κ3) is 2.65. The monoisotopic (exact) mass is 298 g/mol. The Kier molecular flexibility index (Phi) is 4.04. The van der Waals surface area contributed by atoms with Crippen molar-refractivity contribution in [1.29, 1.82) is 5.26 Å². The third-order valence-corrected chi connectivity index (χ3v) is 4.81. The van der Waals surface area contributed by atoms with Gasteiger partial charge in [-0.25, -0.2) is 17.2 Å². The summed E-state index contributed by atoms with van der Waals surface area (Å²) in [6.07, 6.45) is 2.06. The second kappa shape index (κ2) is 5.59. The van der Waals surface area contributed by atoms with E-state index in [0.717, 1.165) is 25.0 Å². The van der Waals surface area contributed by atoms with E-state index in [1.54, 1.807) is 6.07 Å². The maximum absolute atomic E-state index is 13.6. The lowest BCUT2D eigenvalue weighted by molar-refractivity contribution is 0.550. The van der Waals surface area contributed by atoms with Gasteiger partial charge in [0.05, 0.1) is 0 Å². The summed E-state index contributed by atoms with van der Waals surface area (Å²) in [4.78, 5) is -1.18. The fraction of sp³-hybridized carbons (Fsp3) is 0.308. The number of benzene rings is 1. The summed E-state index contributed by atoms with van der Waals surface area (Å²) in [6.45, 7) is 0.571. The summed E-state index contributed by atoms with van der Waals surface area (Å²) in [6, 6.07) is 3.79. The van der Waals surface area contributed by atoms with E-state index in [1.807, 2.05) is 0 Å². The first-order chi connectivity index (χ1) is 9.46. The molecule has 106 valence electrons. The van der Waals surface area contributed by atoms with Crippen molar-refractivity contribution < 1.29 is 17.2 Å². The molecule has 0 bridgehead atoms. The Bertz CT molecular complexity index is 698. The number of allylic oxidation sites excluding steroid dienone is 2. The number of nitrogens with one attached hydrogen (secondary N) is 1. The molecule has 1 aromatic carbocycles. The Balaban J connectivity index is 2.56. The normalized spacial score (nSPS) is 18.1. The zero-order chi connectivity index (χ0) is 14.8. The summed E-state index contributed by atoms with van der Waals surface area (Å²) < 4.78 is 51.1. The van der Waals surface area contributed by atoms with Crippen LogP contribution in [0.4, 0.5) is 8.78 Å². The Morgan fingerprint density at radius 1 is 1.30 bits per heavy atom. The fourth-order valence-electron chi connectivity index (χ4n) is 2.04. The molecule has 0 spiro atoms. The van der Waals surface area contributed by atoms with Crippen LogP contribution in [0, 0.1) is 23.0 Å². The minimum atomic E-state index is -4.28. The zero-order valence-corrected chi connectivity index (χ0v) is 11.3. The van der Waals surface area contributed by atoms with Crippen LogP contribution >= 0.6 is 0 Å². The van der Waals surface area contributed by atoms with Crippen molar-refractivity contribution in [2.75, 3.05) is 6.54 Å². The van der Waals surface area contributed by atoms with E-state index in [-0.39, 0.29) is 0 Å². The highest BCUT2D eigenvalue weighted by Crippen LogP contribution is 2.26. The van der Waals surface area contributed by atoms with Gasteiger partial charge < -0.3 is 5.32 Å². The van der Waals surface area contributed by atoms with Crippen LogP contribution in [0.5, 0.6) is 0 Å². The van der Waals surface area contributed by atoms with E-state index in [0.29, 0.717) is 24.7 Å². The van der Waals surface area contributed by atoms with Gasteiger partial charge in [0.1, 0.15) is 22.6 Å². The number of sulfone groups is 1. The predicted octanol–water partition coefficient (Wildman–Crippen LogP) is 2.25. The Hall–Kier alpha value is -1.94. The van der Waals surface area contributed by atoms with E-state index in [4.69, 9.17) is 5.26 Å². The van der Waals surface area contributed by atoms with Crippen LogP contribution in [0.15, 0.2) is 33.7 Å². The highest BCUT2D eigenvalue weighted by Gasteiger charge is 2.28. The van der Waals surface area contributed by atoms with Crippen molar-refractivity contribution in [1.82, 2.24) is 5.32 Å².